The molecule has 4 heteroatoms. The molecule has 0 aromatic carbocycles. The Bertz CT molecular complexity index is 365. The average Bonchev–Trinajstić information content (AvgIpc) is 2.71. The first-order chi connectivity index (χ1) is 6.34. The van der Waals surface area contributed by atoms with Crippen LogP contribution in [0.3, 0.4) is 0 Å². The molecule has 0 fully saturated rings. The SMILES string of the molecule is Cc1nnc(CCc2ccoc2)o1. The molecule has 0 N–H and O–H groups in total. The van der Waals surface area contributed by atoms with Gasteiger partial charge in [-0.2, -0.15) is 0 Å². The lowest BCUT2D eigenvalue weighted by molar-refractivity contribution is 0.466. The van der Waals surface area contributed by atoms with E-state index in [2.05, 4.69) is 10.2 Å². The van der Waals surface area contributed by atoms with Crippen molar-refractivity contribution in [3.8, 4) is 0 Å². The predicted molar refractivity (Wildman–Crippen MR) is 45.2 cm³/mol. The van der Waals surface area contributed by atoms with Crippen molar-refractivity contribution >= 4 is 0 Å². The highest BCUT2D eigenvalue weighted by atomic mass is 16.4. The van der Waals surface area contributed by atoms with Crippen molar-refractivity contribution in [1.82, 2.24) is 10.2 Å². The number of nitrogens with zero attached hydrogens (tertiary/aromatic N) is 2. The monoisotopic (exact) mass is 178 g/mol. The maximum absolute atomic E-state index is 5.23. The van der Waals surface area contributed by atoms with Gasteiger partial charge in [0.05, 0.1) is 12.5 Å². The first-order valence-electron chi connectivity index (χ1n) is 4.14. The molecule has 0 bridgehead atoms. The van der Waals surface area contributed by atoms with Crippen LogP contribution in [0.15, 0.2) is 27.4 Å². The highest BCUT2D eigenvalue weighted by Gasteiger charge is 2.02. The average molecular weight is 178 g/mol. The molecule has 2 heterocycles. The Morgan fingerprint density at radius 3 is 2.85 bits per heavy atom. The molecule has 0 unspecified atom stereocenters. The molecule has 2 aromatic heterocycles. The molecule has 0 amide bonds. The third-order valence-electron chi connectivity index (χ3n) is 1.78. The second kappa shape index (κ2) is 3.43. The number of rotatable bonds is 3. The van der Waals surface area contributed by atoms with Gasteiger partial charge in [0.15, 0.2) is 0 Å². The Morgan fingerprint density at radius 1 is 1.31 bits per heavy atom. The quantitative estimate of drug-likeness (QED) is 0.718. The second-order valence-electron chi connectivity index (χ2n) is 2.85. The van der Waals surface area contributed by atoms with E-state index in [1.807, 2.05) is 6.07 Å². The van der Waals surface area contributed by atoms with E-state index in [1.54, 1.807) is 19.5 Å². The van der Waals surface area contributed by atoms with Gasteiger partial charge in [-0.05, 0) is 18.1 Å². The molecule has 0 aliphatic heterocycles. The van der Waals surface area contributed by atoms with Gasteiger partial charge < -0.3 is 8.83 Å². The highest BCUT2D eigenvalue weighted by Crippen LogP contribution is 2.06. The summed E-state index contributed by atoms with van der Waals surface area (Å²) in [5.41, 5.74) is 1.15. The molecular formula is C9H10N2O2. The molecule has 68 valence electrons. The van der Waals surface area contributed by atoms with Crippen molar-refractivity contribution in [3.63, 3.8) is 0 Å². The number of aryl methyl sites for hydroxylation is 3. The van der Waals surface area contributed by atoms with Gasteiger partial charge in [-0.3, -0.25) is 0 Å². The Morgan fingerprint density at radius 2 is 2.23 bits per heavy atom. The summed E-state index contributed by atoms with van der Waals surface area (Å²) in [6.45, 7) is 1.79. The molecule has 0 radical (unpaired) electrons. The summed E-state index contributed by atoms with van der Waals surface area (Å²) in [4.78, 5) is 0. The van der Waals surface area contributed by atoms with E-state index in [-0.39, 0.29) is 0 Å². The van der Waals surface area contributed by atoms with Gasteiger partial charge in [0, 0.05) is 13.3 Å². The van der Waals surface area contributed by atoms with Crippen LogP contribution in [0.25, 0.3) is 0 Å². The Kier molecular flexibility index (Phi) is 2.12. The van der Waals surface area contributed by atoms with Crippen molar-refractivity contribution in [3.05, 3.63) is 35.9 Å². The summed E-state index contributed by atoms with van der Waals surface area (Å²) in [5.74, 6) is 1.29. The summed E-state index contributed by atoms with van der Waals surface area (Å²) in [6.07, 6.45) is 5.02. The van der Waals surface area contributed by atoms with Gasteiger partial charge >= 0.3 is 0 Å². The van der Waals surface area contributed by atoms with Crippen molar-refractivity contribution in [1.29, 1.82) is 0 Å². The Labute approximate surface area is 75.6 Å². The van der Waals surface area contributed by atoms with Crippen molar-refractivity contribution < 1.29 is 8.83 Å². The molecule has 0 aliphatic rings. The Balaban J connectivity index is 1.93. The molecule has 0 atom stereocenters. The van der Waals surface area contributed by atoms with E-state index in [4.69, 9.17) is 8.83 Å². The molecular weight excluding hydrogens is 168 g/mol. The molecule has 2 aromatic rings. The van der Waals surface area contributed by atoms with Gasteiger partial charge in [0.1, 0.15) is 0 Å². The zero-order valence-electron chi connectivity index (χ0n) is 7.36. The summed E-state index contributed by atoms with van der Waals surface area (Å²) < 4.78 is 10.2. The minimum Gasteiger partial charge on any atom is -0.472 e. The fraction of sp³-hybridized carbons (Fsp3) is 0.333. The van der Waals surface area contributed by atoms with Gasteiger partial charge in [0.25, 0.3) is 0 Å². The van der Waals surface area contributed by atoms with Crippen LogP contribution < -0.4 is 0 Å². The molecule has 0 aliphatic carbocycles. The first-order valence-corrected chi connectivity index (χ1v) is 4.14. The number of hydrogen-bond acceptors (Lipinski definition) is 4. The fourth-order valence-corrected chi connectivity index (χ4v) is 1.12. The molecule has 0 spiro atoms. The number of hydrogen-bond donors (Lipinski definition) is 0. The minimum atomic E-state index is 0.613. The van der Waals surface area contributed by atoms with Crippen LogP contribution in [0.4, 0.5) is 0 Å². The summed E-state index contributed by atoms with van der Waals surface area (Å²) in [7, 11) is 0. The van der Waals surface area contributed by atoms with Crippen LogP contribution in [0.2, 0.25) is 0 Å². The van der Waals surface area contributed by atoms with Crippen molar-refractivity contribution in [2.24, 2.45) is 0 Å². The lowest BCUT2D eigenvalue weighted by Crippen LogP contribution is -1.89. The van der Waals surface area contributed by atoms with Crippen molar-refractivity contribution in [2.45, 2.75) is 19.8 Å². The van der Waals surface area contributed by atoms with Crippen LogP contribution in [0.1, 0.15) is 17.3 Å². The number of furan rings is 1. The van der Waals surface area contributed by atoms with E-state index in [1.165, 1.54) is 0 Å². The van der Waals surface area contributed by atoms with Gasteiger partial charge in [0.2, 0.25) is 11.8 Å². The fourth-order valence-electron chi connectivity index (χ4n) is 1.12. The highest BCUT2D eigenvalue weighted by molar-refractivity contribution is 5.06. The minimum absolute atomic E-state index is 0.613. The van der Waals surface area contributed by atoms with Crippen LogP contribution in [-0.4, -0.2) is 10.2 Å². The molecule has 0 saturated heterocycles. The molecule has 13 heavy (non-hydrogen) atoms. The maximum Gasteiger partial charge on any atom is 0.216 e. The van der Waals surface area contributed by atoms with Gasteiger partial charge in [-0.15, -0.1) is 10.2 Å². The molecule has 0 saturated carbocycles. The summed E-state index contributed by atoms with van der Waals surface area (Å²) in [6, 6.07) is 1.93. The zero-order chi connectivity index (χ0) is 9.10. The smallest absolute Gasteiger partial charge is 0.216 e. The van der Waals surface area contributed by atoms with Crippen LogP contribution in [-0.2, 0) is 12.8 Å². The normalized spacial score (nSPS) is 10.5. The van der Waals surface area contributed by atoms with E-state index in [0.29, 0.717) is 11.8 Å². The second-order valence-corrected chi connectivity index (χ2v) is 2.85. The lowest BCUT2D eigenvalue weighted by atomic mass is 10.2. The van der Waals surface area contributed by atoms with Crippen molar-refractivity contribution in [2.75, 3.05) is 0 Å². The predicted octanol–water partition coefficient (Wildman–Crippen LogP) is 1.76. The zero-order valence-corrected chi connectivity index (χ0v) is 7.36. The topological polar surface area (TPSA) is 52.1 Å². The first kappa shape index (κ1) is 8.04. The maximum atomic E-state index is 5.23. The van der Waals surface area contributed by atoms with Gasteiger partial charge in [-0.25, -0.2) is 0 Å². The van der Waals surface area contributed by atoms with E-state index in [9.17, 15) is 0 Å². The van der Waals surface area contributed by atoms with E-state index < -0.39 is 0 Å². The standard InChI is InChI=1S/C9H10N2O2/c1-7-10-11-9(13-7)3-2-8-4-5-12-6-8/h4-6H,2-3H2,1H3. The summed E-state index contributed by atoms with van der Waals surface area (Å²) in [5, 5.41) is 7.64. The third-order valence-corrected chi connectivity index (χ3v) is 1.78. The van der Waals surface area contributed by atoms with Crippen LogP contribution in [0, 0.1) is 6.92 Å². The molecule has 2 rings (SSSR count). The van der Waals surface area contributed by atoms with E-state index >= 15 is 0 Å². The lowest BCUT2D eigenvalue weighted by Gasteiger charge is -1.90. The third kappa shape index (κ3) is 1.96. The van der Waals surface area contributed by atoms with Crippen LogP contribution in [0.5, 0.6) is 0 Å². The van der Waals surface area contributed by atoms with E-state index in [0.717, 1.165) is 18.4 Å². The van der Waals surface area contributed by atoms with Gasteiger partial charge in [-0.1, -0.05) is 0 Å². The largest absolute Gasteiger partial charge is 0.472 e. The Hall–Kier alpha value is -1.58. The molecule has 4 nitrogen and oxygen atoms in total. The number of aromatic nitrogens is 2. The summed E-state index contributed by atoms with van der Waals surface area (Å²) >= 11 is 0. The van der Waals surface area contributed by atoms with Crippen LogP contribution >= 0.6 is 0 Å².